The lowest BCUT2D eigenvalue weighted by Crippen LogP contribution is -2.46. The molecule has 1 saturated heterocycles. The highest BCUT2D eigenvalue weighted by molar-refractivity contribution is 6.50. The lowest BCUT2D eigenvalue weighted by Gasteiger charge is -2.34. The molecule has 0 N–H and O–H groups in total. The Balaban J connectivity index is 1.35. The van der Waals surface area contributed by atoms with Gasteiger partial charge in [-0.1, -0.05) is 0 Å². The van der Waals surface area contributed by atoms with Crippen LogP contribution < -0.4 is 0 Å². The molecule has 0 bridgehead atoms. The molecule has 1 aromatic rings. The molecular weight excluding hydrogens is 285 g/mol. The molecule has 1 aliphatic carbocycles. The Bertz CT molecular complexity index is 402. The summed E-state index contributed by atoms with van der Waals surface area (Å²) in [7, 11) is 0. The average molecular weight is 304 g/mol. The standard InChI is InChI=1S/C13H19Cl2N3O/c14-13(15)7-11(13)1-2-17-3-5-18(6-4-17)8-12-9-19-10-16-12/h9-11H,1-8H2. The summed E-state index contributed by atoms with van der Waals surface area (Å²) >= 11 is 12.1. The van der Waals surface area contributed by atoms with Crippen LogP contribution in [0.2, 0.25) is 0 Å². The Hall–Kier alpha value is -0.290. The topological polar surface area (TPSA) is 32.5 Å². The quantitative estimate of drug-likeness (QED) is 0.782. The van der Waals surface area contributed by atoms with Crippen LogP contribution in [0.25, 0.3) is 0 Å². The number of hydrogen-bond acceptors (Lipinski definition) is 4. The first-order valence-electron chi connectivity index (χ1n) is 6.83. The van der Waals surface area contributed by atoms with Gasteiger partial charge < -0.3 is 9.32 Å². The maximum atomic E-state index is 6.05. The number of nitrogens with zero attached hydrogens (tertiary/aromatic N) is 3. The third kappa shape index (κ3) is 3.63. The van der Waals surface area contributed by atoms with E-state index in [4.69, 9.17) is 27.6 Å². The van der Waals surface area contributed by atoms with Gasteiger partial charge in [-0.25, -0.2) is 4.98 Å². The van der Waals surface area contributed by atoms with E-state index in [1.165, 1.54) is 6.39 Å². The first-order valence-corrected chi connectivity index (χ1v) is 7.59. The van der Waals surface area contributed by atoms with Crippen LogP contribution in [-0.2, 0) is 6.54 Å². The Labute approximate surface area is 123 Å². The molecule has 1 atom stereocenters. The molecule has 2 heterocycles. The molecule has 1 saturated carbocycles. The maximum absolute atomic E-state index is 6.05. The largest absolute Gasteiger partial charge is 0.451 e. The van der Waals surface area contributed by atoms with E-state index in [0.717, 1.165) is 57.8 Å². The molecule has 1 unspecified atom stereocenters. The smallest absolute Gasteiger partial charge is 0.180 e. The fourth-order valence-corrected chi connectivity index (χ4v) is 3.23. The van der Waals surface area contributed by atoms with E-state index in [2.05, 4.69) is 14.8 Å². The Morgan fingerprint density at radius 2 is 1.95 bits per heavy atom. The minimum atomic E-state index is -0.422. The van der Waals surface area contributed by atoms with Gasteiger partial charge in [0.25, 0.3) is 0 Å². The first-order chi connectivity index (χ1) is 9.13. The van der Waals surface area contributed by atoms with Crippen molar-refractivity contribution in [3.05, 3.63) is 18.4 Å². The molecule has 6 heteroatoms. The van der Waals surface area contributed by atoms with E-state index in [-0.39, 0.29) is 0 Å². The zero-order valence-corrected chi connectivity index (χ0v) is 12.4. The van der Waals surface area contributed by atoms with Crippen molar-refractivity contribution in [1.29, 1.82) is 0 Å². The zero-order chi connectivity index (χ0) is 13.3. The number of aromatic nitrogens is 1. The summed E-state index contributed by atoms with van der Waals surface area (Å²) in [5.41, 5.74) is 1.01. The second-order valence-electron chi connectivity index (χ2n) is 5.55. The van der Waals surface area contributed by atoms with Crippen molar-refractivity contribution in [2.24, 2.45) is 5.92 Å². The van der Waals surface area contributed by atoms with Crippen molar-refractivity contribution in [3.8, 4) is 0 Å². The van der Waals surface area contributed by atoms with Crippen molar-refractivity contribution in [2.75, 3.05) is 32.7 Å². The van der Waals surface area contributed by atoms with Gasteiger partial charge in [-0.15, -0.1) is 23.2 Å². The second kappa shape index (κ2) is 5.60. The summed E-state index contributed by atoms with van der Waals surface area (Å²) in [5.74, 6) is 0.504. The van der Waals surface area contributed by atoms with Crippen molar-refractivity contribution >= 4 is 23.2 Å². The molecule has 0 amide bonds. The molecule has 1 aromatic heterocycles. The molecule has 2 aliphatic rings. The molecule has 0 spiro atoms. The summed E-state index contributed by atoms with van der Waals surface area (Å²) < 4.78 is 4.57. The molecule has 1 aliphatic heterocycles. The summed E-state index contributed by atoms with van der Waals surface area (Å²) in [5, 5.41) is 0. The predicted molar refractivity (Wildman–Crippen MR) is 75.4 cm³/mol. The minimum Gasteiger partial charge on any atom is -0.451 e. The number of halogens is 2. The highest BCUT2D eigenvalue weighted by Gasteiger charge is 2.50. The fourth-order valence-electron chi connectivity index (χ4n) is 2.64. The van der Waals surface area contributed by atoms with Crippen LogP contribution in [0.1, 0.15) is 18.5 Å². The highest BCUT2D eigenvalue weighted by Crippen LogP contribution is 2.54. The third-order valence-corrected chi connectivity index (χ3v) is 5.01. The first kappa shape index (κ1) is 13.7. The monoisotopic (exact) mass is 303 g/mol. The van der Waals surface area contributed by atoms with Crippen molar-refractivity contribution in [2.45, 2.75) is 23.7 Å². The lowest BCUT2D eigenvalue weighted by molar-refractivity contribution is 0.124. The minimum absolute atomic E-state index is 0.422. The SMILES string of the molecule is ClC1(Cl)CC1CCN1CCN(Cc2cocn2)CC1. The van der Waals surface area contributed by atoms with Gasteiger partial charge in [0.15, 0.2) is 6.39 Å². The zero-order valence-electron chi connectivity index (χ0n) is 10.9. The number of oxazole rings is 1. The van der Waals surface area contributed by atoms with Gasteiger partial charge >= 0.3 is 0 Å². The number of hydrogen-bond donors (Lipinski definition) is 0. The van der Waals surface area contributed by atoms with Crippen molar-refractivity contribution < 1.29 is 4.42 Å². The van der Waals surface area contributed by atoms with E-state index >= 15 is 0 Å². The highest BCUT2D eigenvalue weighted by atomic mass is 35.5. The van der Waals surface area contributed by atoms with E-state index in [9.17, 15) is 0 Å². The molecule has 106 valence electrons. The summed E-state index contributed by atoms with van der Waals surface area (Å²) in [6.07, 6.45) is 5.30. The van der Waals surface area contributed by atoms with Gasteiger partial charge in [0.1, 0.15) is 10.6 Å². The Kier molecular flexibility index (Phi) is 4.03. The van der Waals surface area contributed by atoms with Gasteiger partial charge in [0.2, 0.25) is 0 Å². The molecule has 19 heavy (non-hydrogen) atoms. The molecule has 0 aromatic carbocycles. The predicted octanol–water partition coefficient (Wildman–Crippen LogP) is 2.38. The van der Waals surface area contributed by atoms with Crippen LogP contribution in [0, 0.1) is 5.92 Å². The van der Waals surface area contributed by atoms with E-state index in [0.29, 0.717) is 5.92 Å². The third-order valence-electron chi connectivity index (χ3n) is 4.08. The summed E-state index contributed by atoms with van der Waals surface area (Å²) in [4.78, 5) is 9.08. The second-order valence-corrected chi connectivity index (χ2v) is 7.09. The van der Waals surface area contributed by atoms with Crippen LogP contribution in [-0.4, -0.2) is 51.8 Å². The molecule has 3 rings (SSSR count). The number of alkyl halides is 2. The van der Waals surface area contributed by atoms with Crippen molar-refractivity contribution in [3.63, 3.8) is 0 Å². The van der Waals surface area contributed by atoms with Crippen LogP contribution in [0.15, 0.2) is 17.1 Å². The molecule has 0 radical (unpaired) electrons. The van der Waals surface area contributed by atoms with Gasteiger partial charge in [-0.3, -0.25) is 4.90 Å². The van der Waals surface area contributed by atoms with Crippen LogP contribution >= 0.6 is 23.2 Å². The molecular formula is C13H19Cl2N3O. The summed E-state index contributed by atoms with van der Waals surface area (Å²) in [6.45, 7) is 6.40. The number of piperazine rings is 1. The van der Waals surface area contributed by atoms with Gasteiger partial charge in [0.05, 0.1) is 5.69 Å². The van der Waals surface area contributed by atoms with Crippen LogP contribution in [0.5, 0.6) is 0 Å². The average Bonchev–Trinajstić information content (AvgIpc) is 2.78. The van der Waals surface area contributed by atoms with Crippen LogP contribution in [0.4, 0.5) is 0 Å². The fraction of sp³-hybridized carbons (Fsp3) is 0.769. The van der Waals surface area contributed by atoms with Gasteiger partial charge in [-0.2, -0.15) is 0 Å². The van der Waals surface area contributed by atoms with E-state index in [1.54, 1.807) is 6.26 Å². The molecule has 2 fully saturated rings. The summed E-state index contributed by atoms with van der Waals surface area (Å²) in [6, 6.07) is 0. The maximum Gasteiger partial charge on any atom is 0.180 e. The van der Waals surface area contributed by atoms with Crippen molar-refractivity contribution in [1.82, 2.24) is 14.8 Å². The number of rotatable bonds is 5. The van der Waals surface area contributed by atoms with E-state index < -0.39 is 4.33 Å². The molecule has 4 nitrogen and oxygen atoms in total. The van der Waals surface area contributed by atoms with Gasteiger partial charge in [-0.05, 0) is 25.3 Å². The van der Waals surface area contributed by atoms with E-state index in [1.807, 2.05) is 0 Å². The normalized spacial score (nSPS) is 27.6. The Morgan fingerprint density at radius 1 is 1.26 bits per heavy atom. The van der Waals surface area contributed by atoms with Crippen LogP contribution in [0.3, 0.4) is 0 Å². The Morgan fingerprint density at radius 3 is 2.53 bits per heavy atom. The van der Waals surface area contributed by atoms with Gasteiger partial charge in [0, 0.05) is 32.7 Å². The lowest BCUT2D eigenvalue weighted by atomic mass is 10.2.